The highest BCUT2D eigenvalue weighted by Crippen LogP contribution is 2.29. The van der Waals surface area contributed by atoms with Crippen molar-refractivity contribution < 1.29 is 9.72 Å². The second-order valence-electron chi connectivity index (χ2n) is 5.61. The second-order valence-corrected chi connectivity index (χ2v) is 7.33. The molecule has 0 unspecified atom stereocenters. The standard InChI is InChI=1S/C17H15ClN4O3S/c1-10(26-17-20-13-5-3-4-6-15(13)21(17)2)16(23)19-14-9-11(22(24)25)7-8-12(14)18/h3-10H,1-2H3,(H,19,23)/t10-/m1/s1. The van der Waals surface area contributed by atoms with Gasteiger partial charge in [0.15, 0.2) is 5.16 Å². The number of rotatable bonds is 5. The lowest BCUT2D eigenvalue weighted by atomic mass is 10.2. The van der Waals surface area contributed by atoms with Crippen molar-refractivity contribution in [2.24, 2.45) is 7.05 Å². The van der Waals surface area contributed by atoms with Crippen molar-refractivity contribution in [2.45, 2.75) is 17.3 Å². The fraction of sp³-hybridized carbons (Fsp3) is 0.176. The smallest absolute Gasteiger partial charge is 0.271 e. The zero-order chi connectivity index (χ0) is 18.8. The normalized spacial score (nSPS) is 12.1. The van der Waals surface area contributed by atoms with Gasteiger partial charge >= 0.3 is 0 Å². The third kappa shape index (κ3) is 3.66. The minimum Gasteiger partial charge on any atom is -0.324 e. The Morgan fingerprint density at radius 2 is 2.08 bits per heavy atom. The first-order chi connectivity index (χ1) is 12.4. The zero-order valence-corrected chi connectivity index (χ0v) is 15.5. The molecule has 0 fully saturated rings. The van der Waals surface area contributed by atoms with Crippen LogP contribution in [0.5, 0.6) is 0 Å². The van der Waals surface area contributed by atoms with Crippen LogP contribution >= 0.6 is 23.4 Å². The highest BCUT2D eigenvalue weighted by atomic mass is 35.5. The maximum Gasteiger partial charge on any atom is 0.271 e. The van der Waals surface area contributed by atoms with Crippen molar-refractivity contribution in [2.75, 3.05) is 5.32 Å². The van der Waals surface area contributed by atoms with Crippen molar-refractivity contribution in [1.82, 2.24) is 9.55 Å². The number of anilines is 1. The number of nitro benzene ring substituents is 1. The third-order valence-corrected chi connectivity index (χ3v) is 5.29. The topological polar surface area (TPSA) is 90.1 Å². The lowest BCUT2D eigenvalue weighted by molar-refractivity contribution is -0.384. The minimum absolute atomic E-state index is 0.139. The van der Waals surface area contributed by atoms with E-state index < -0.39 is 10.2 Å². The molecule has 0 aliphatic heterocycles. The number of thioether (sulfide) groups is 1. The first-order valence-electron chi connectivity index (χ1n) is 7.69. The molecule has 7 nitrogen and oxygen atoms in total. The summed E-state index contributed by atoms with van der Waals surface area (Å²) in [5, 5.41) is 14.0. The van der Waals surface area contributed by atoms with E-state index >= 15 is 0 Å². The molecule has 0 aliphatic carbocycles. The van der Waals surface area contributed by atoms with Crippen LogP contribution in [0.3, 0.4) is 0 Å². The van der Waals surface area contributed by atoms with Gasteiger partial charge < -0.3 is 9.88 Å². The van der Waals surface area contributed by atoms with Gasteiger partial charge in [0.05, 0.1) is 31.9 Å². The first-order valence-corrected chi connectivity index (χ1v) is 8.95. The number of aryl methyl sites for hydroxylation is 1. The number of aromatic nitrogens is 2. The fourth-order valence-corrected chi connectivity index (χ4v) is 3.45. The molecule has 0 saturated carbocycles. The summed E-state index contributed by atoms with van der Waals surface area (Å²) in [6.07, 6.45) is 0. The summed E-state index contributed by atoms with van der Waals surface area (Å²) in [7, 11) is 1.89. The van der Waals surface area contributed by atoms with Crippen LogP contribution in [0, 0.1) is 10.1 Å². The molecule has 3 aromatic rings. The second kappa shape index (κ2) is 7.35. The van der Waals surface area contributed by atoms with Gasteiger partial charge in [0.1, 0.15) is 0 Å². The first kappa shape index (κ1) is 18.2. The highest BCUT2D eigenvalue weighted by Gasteiger charge is 2.20. The summed E-state index contributed by atoms with van der Waals surface area (Å²) in [6, 6.07) is 11.6. The van der Waals surface area contributed by atoms with Crippen molar-refractivity contribution in [3.63, 3.8) is 0 Å². The summed E-state index contributed by atoms with van der Waals surface area (Å²) in [6.45, 7) is 1.74. The van der Waals surface area contributed by atoms with Gasteiger partial charge in [-0.1, -0.05) is 35.5 Å². The number of nitrogens with zero attached hydrogens (tertiary/aromatic N) is 3. The number of carbonyl (C=O) groups is 1. The Morgan fingerprint density at radius 1 is 1.35 bits per heavy atom. The Balaban J connectivity index is 1.76. The maximum atomic E-state index is 12.5. The molecule has 1 aromatic heterocycles. The van der Waals surface area contributed by atoms with Gasteiger partial charge in [-0.2, -0.15) is 0 Å². The number of nitro groups is 1. The predicted octanol–water partition coefficient (Wildman–Crippen LogP) is 4.25. The molecule has 1 amide bonds. The summed E-state index contributed by atoms with van der Waals surface area (Å²) in [5.74, 6) is -0.315. The van der Waals surface area contributed by atoms with Crippen molar-refractivity contribution >= 4 is 51.7 Å². The number of non-ortho nitro benzene ring substituents is 1. The van der Waals surface area contributed by atoms with Crippen molar-refractivity contribution in [3.8, 4) is 0 Å². The Bertz CT molecular complexity index is 1000. The van der Waals surface area contributed by atoms with E-state index in [-0.39, 0.29) is 22.3 Å². The lowest BCUT2D eigenvalue weighted by Gasteiger charge is -2.12. The number of halogens is 1. The van der Waals surface area contributed by atoms with Gasteiger partial charge in [-0.3, -0.25) is 14.9 Å². The van der Waals surface area contributed by atoms with Crippen LogP contribution in [0.4, 0.5) is 11.4 Å². The Kier molecular flexibility index (Phi) is 5.15. The molecule has 9 heteroatoms. The quantitative estimate of drug-likeness (QED) is 0.399. The van der Waals surface area contributed by atoms with Gasteiger partial charge in [-0.05, 0) is 25.1 Å². The van der Waals surface area contributed by atoms with E-state index in [0.717, 1.165) is 11.0 Å². The predicted molar refractivity (Wildman–Crippen MR) is 103 cm³/mol. The zero-order valence-electron chi connectivity index (χ0n) is 14.0. The van der Waals surface area contributed by atoms with E-state index in [9.17, 15) is 14.9 Å². The Labute approximate surface area is 158 Å². The molecule has 134 valence electrons. The van der Waals surface area contributed by atoms with Gasteiger partial charge in [0, 0.05) is 19.2 Å². The number of fused-ring (bicyclic) bond motifs is 1. The SMILES string of the molecule is C[C@@H](Sc1nc2ccccc2n1C)C(=O)Nc1cc([N+](=O)[O-])ccc1Cl. The number of para-hydroxylation sites is 2. The van der Waals surface area contributed by atoms with E-state index in [0.29, 0.717) is 5.16 Å². The average Bonchev–Trinajstić information content (AvgIpc) is 2.92. The van der Waals surface area contributed by atoms with Crippen LogP contribution in [0.1, 0.15) is 6.92 Å². The number of imidazole rings is 1. The molecule has 2 aromatic carbocycles. The van der Waals surface area contributed by atoms with Crippen LogP contribution in [0.25, 0.3) is 11.0 Å². The van der Waals surface area contributed by atoms with Crippen LogP contribution in [0.2, 0.25) is 5.02 Å². The molecule has 3 rings (SSSR count). The van der Waals surface area contributed by atoms with Crippen LogP contribution in [-0.2, 0) is 11.8 Å². The van der Waals surface area contributed by atoms with Crippen LogP contribution in [0.15, 0.2) is 47.6 Å². The van der Waals surface area contributed by atoms with Crippen molar-refractivity contribution in [1.29, 1.82) is 0 Å². The van der Waals surface area contributed by atoms with E-state index in [1.54, 1.807) is 6.92 Å². The van der Waals surface area contributed by atoms with Crippen LogP contribution in [-0.4, -0.2) is 25.6 Å². The molecular weight excluding hydrogens is 376 g/mol. The molecule has 26 heavy (non-hydrogen) atoms. The molecule has 1 atom stereocenters. The third-order valence-electron chi connectivity index (χ3n) is 3.82. The minimum atomic E-state index is -0.538. The van der Waals surface area contributed by atoms with E-state index in [1.807, 2.05) is 35.9 Å². The highest BCUT2D eigenvalue weighted by molar-refractivity contribution is 8.00. The van der Waals surface area contributed by atoms with Gasteiger partial charge in [-0.15, -0.1) is 0 Å². The van der Waals surface area contributed by atoms with Gasteiger partial charge in [0.2, 0.25) is 5.91 Å². The molecular formula is C17H15ClN4O3S. The molecule has 0 spiro atoms. The number of hydrogen-bond acceptors (Lipinski definition) is 5. The number of nitrogens with one attached hydrogen (secondary N) is 1. The van der Waals surface area contributed by atoms with Crippen molar-refractivity contribution in [3.05, 3.63) is 57.6 Å². The van der Waals surface area contributed by atoms with E-state index in [2.05, 4.69) is 10.3 Å². The summed E-state index contributed by atoms with van der Waals surface area (Å²) >= 11 is 7.33. The van der Waals surface area contributed by atoms with Gasteiger partial charge in [0.25, 0.3) is 5.69 Å². The Hall–Kier alpha value is -2.58. The summed E-state index contributed by atoms with van der Waals surface area (Å²) < 4.78 is 1.92. The number of benzene rings is 2. The number of hydrogen-bond donors (Lipinski definition) is 1. The summed E-state index contributed by atoms with van der Waals surface area (Å²) in [4.78, 5) is 27.4. The molecule has 0 radical (unpaired) electrons. The molecule has 1 heterocycles. The van der Waals surface area contributed by atoms with Crippen LogP contribution < -0.4 is 5.32 Å². The molecule has 1 N–H and O–H groups in total. The number of amides is 1. The monoisotopic (exact) mass is 390 g/mol. The molecule has 0 bridgehead atoms. The largest absolute Gasteiger partial charge is 0.324 e. The maximum absolute atomic E-state index is 12.5. The molecule has 0 aliphatic rings. The number of carbonyl (C=O) groups excluding carboxylic acids is 1. The average molecular weight is 391 g/mol. The lowest BCUT2D eigenvalue weighted by Crippen LogP contribution is -2.23. The fourth-order valence-electron chi connectivity index (χ4n) is 2.40. The molecule has 0 saturated heterocycles. The van der Waals surface area contributed by atoms with Gasteiger partial charge in [-0.25, -0.2) is 4.98 Å². The van der Waals surface area contributed by atoms with E-state index in [1.165, 1.54) is 30.0 Å². The Morgan fingerprint density at radius 3 is 2.77 bits per heavy atom. The summed E-state index contributed by atoms with van der Waals surface area (Å²) in [5.41, 5.74) is 1.90. The van der Waals surface area contributed by atoms with E-state index in [4.69, 9.17) is 11.6 Å².